The van der Waals surface area contributed by atoms with Crippen molar-refractivity contribution in [3.63, 3.8) is 0 Å². The zero-order chi connectivity index (χ0) is 25.9. The summed E-state index contributed by atoms with van der Waals surface area (Å²) < 4.78 is 14.9. The maximum atomic E-state index is 6.82. The monoisotopic (exact) mass is 522 g/mol. The number of hydrogen-bond donors (Lipinski definition) is 0. The fourth-order valence-electron chi connectivity index (χ4n) is 5.28. The third kappa shape index (κ3) is 5.42. The summed E-state index contributed by atoms with van der Waals surface area (Å²) >= 11 is 6.15. The van der Waals surface area contributed by atoms with Gasteiger partial charge in [0.15, 0.2) is 11.2 Å². The Kier molecular flexibility index (Phi) is 8.00. The van der Waals surface area contributed by atoms with Crippen LogP contribution in [0.5, 0.6) is 11.6 Å². The molecule has 0 amide bonds. The summed E-state index contributed by atoms with van der Waals surface area (Å²) in [6.07, 6.45) is 1.75. The summed E-state index contributed by atoms with van der Waals surface area (Å²) in [6.45, 7) is 14.8. The van der Waals surface area contributed by atoms with Crippen LogP contribution in [0.2, 0.25) is 21.9 Å². The van der Waals surface area contributed by atoms with Gasteiger partial charge in [0.25, 0.3) is 8.32 Å². The number of fused-ring (bicyclic) bond motifs is 1. The van der Waals surface area contributed by atoms with Gasteiger partial charge < -0.3 is 13.7 Å². The Labute approximate surface area is 219 Å². The van der Waals surface area contributed by atoms with Gasteiger partial charge in [0.2, 0.25) is 11.2 Å². The predicted molar refractivity (Wildman–Crippen MR) is 148 cm³/mol. The first-order chi connectivity index (χ1) is 17.2. The first-order valence-electron chi connectivity index (χ1n) is 12.5. The molecule has 36 heavy (non-hydrogen) atoms. The third-order valence-corrected chi connectivity index (χ3v) is 13.1. The first kappa shape index (κ1) is 26.2. The molecule has 0 radical (unpaired) electrons. The second-order valence-corrected chi connectivity index (χ2v) is 15.9. The lowest BCUT2D eigenvalue weighted by Crippen LogP contribution is -2.50. The minimum atomic E-state index is -2.00. The second-order valence-electron chi connectivity index (χ2n) is 10.2. The van der Waals surface area contributed by atoms with Gasteiger partial charge in [-0.25, -0.2) is 4.98 Å². The van der Waals surface area contributed by atoms with Crippen molar-refractivity contribution in [1.82, 2.24) is 19.5 Å². The van der Waals surface area contributed by atoms with Crippen molar-refractivity contribution in [2.45, 2.75) is 71.3 Å². The van der Waals surface area contributed by atoms with Crippen molar-refractivity contribution >= 4 is 31.1 Å². The summed E-state index contributed by atoms with van der Waals surface area (Å²) in [6, 6.07) is 18.4. The largest absolute Gasteiger partial charge is 0.543 e. The van der Waals surface area contributed by atoms with Crippen LogP contribution < -0.4 is 9.16 Å². The summed E-state index contributed by atoms with van der Waals surface area (Å²) in [5, 5.41) is 0.116. The SMILES string of the molecule is CC(C)[Si](Oc1ccc(Cn2cnc3nc(Cl)nc(OCc4ccccc4)c32)cc1)(C(C)C)C(C)C. The molecule has 2 aromatic heterocycles. The van der Waals surface area contributed by atoms with Crippen LogP contribution in [0.15, 0.2) is 60.9 Å². The Hall–Kier alpha value is -2.90. The molecule has 4 rings (SSSR count). The number of nitrogens with zero attached hydrogens (tertiary/aromatic N) is 4. The lowest BCUT2D eigenvalue weighted by molar-refractivity contribution is 0.296. The normalized spacial score (nSPS) is 12.2. The quantitative estimate of drug-likeness (QED) is 0.158. The number of halogens is 1. The van der Waals surface area contributed by atoms with Gasteiger partial charge in [-0.1, -0.05) is 84.0 Å². The summed E-state index contributed by atoms with van der Waals surface area (Å²) in [7, 11) is -2.00. The van der Waals surface area contributed by atoms with Gasteiger partial charge in [0.05, 0.1) is 6.33 Å². The highest BCUT2D eigenvalue weighted by Crippen LogP contribution is 2.42. The van der Waals surface area contributed by atoms with E-state index in [9.17, 15) is 0 Å². The minimum Gasteiger partial charge on any atom is -0.543 e. The fourth-order valence-corrected chi connectivity index (χ4v) is 10.7. The Balaban J connectivity index is 1.57. The van der Waals surface area contributed by atoms with E-state index < -0.39 is 8.32 Å². The average Bonchev–Trinajstić information content (AvgIpc) is 3.24. The molecule has 0 spiro atoms. The predicted octanol–water partition coefficient (Wildman–Crippen LogP) is 7.66. The smallest absolute Gasteiger partial charge is 0.258 e. The molecule has 0 saturated carbocycles. The molecule has 4 aromatic rings. The topological polar surface area (TPSA) is 62.1 Å². The standard InChI is InChI=1S/C28H35ClN4O2Si/c1-19(2)36(20(3)4,21(5)6)35-24-14-12-22(13-15-24)16-33-18-30-26-25(33)27(32-28(29)31-26)34-17-23-10-8-7-9-11-23/h7-15,18-21H,16-17H2,1-6H3. The summed E-state index contributed by atoms with van der Waals surface area (Å²) in [5.41, 5.74) is 4.98. The average molecular weight is 523 g/mol. The highest BCUT2D eigenvalue weighted by molar-refractivity contribution is 6.78. The summed E-state index contributed by atoms with van der Waals surface area (Å²) in [5.74, 6) is 1.37. The Morgan fingerprint density at radius 1 is 0.833 bits per heavy atom. The molecule has 6 nitrogen and oxygen atoms in total. The van der Waals surface area contributed by atoms with Crippen LogP contribution in [-0.4, -0.2) is 27.8 Å². The van der Waals surface area contributed by atoms with Gasteiger partial charge in [-0.2, -0.15) is 9.97 Å². The van der Waals surface area contributed by atoms with Gasteiger partial charge in [0.1, 0.15) is 12.4 Å². The molecule has 8 heteroatoms. The van der Waals surface area contributed by atoms with E-state index in [2.05, 4.69) is 80.8 Å². The molecular formula is C28H35ClN4O2Si. The number of imidazole rings is 1. The molecule has 0 bridgehead atoms. The van der Waals surface area contributed by atoms with Gasteiger partial charge >= 0.3 is 0 Å². The van der Waals surface area contributed by atoms with Gasteiger partial charge in [0, 0.05) is 6.54 Å². The Morgan fingerprint density at radius 2 is 1.47 bits per heavy atom. The molecule has 0 N–H and O–H groups in total. The van der Waals surface area contributed by atoms with E-state index in [4.69, 9.17) is 20.8 Å². The van der Waals surface area contributed by atoms with Crippen molar-refractivity contribution in [1.29, 1.82) is 0 Å². The number of rotatable bonds is 10. The Bertz CT molecular complexity index is 1270. The molecule has 190 valence electrons. The van der Waals surface area contributed by atoms with E-state index in [1.807, 2.05) is 34.9 Å². The van der Waals surface area contributed by atoms with Crippen LogP contribution in [0.1, 0.15) is 52.7 Å². The van der Waals surface area contributed by atoms with E-state index in [1.54, 1.807) is 6.33 Å². The van der Waals surface area contributed by atoms with Crippen molar-refractivity contribution in [3.8, 4) is 11.6 Å². The van der Waals surface area contributed by atoms with Gasteiger partial charge in [-0.05, 0) is 51.5 Å². The van der Waals surface area contributed by atoms with Gasteiger partial charge in [-0.3, -0.25) is 0 Å². The molecule has 0 aliphatic heterocycles. The first-order valence-corrected chi connectivity index (χ1v) is 15.1. The maximum Gasteiger partial charge on any atom is 0.258 e. The zero-order valence-electron chi connectivity index (χ0n) is 21.9. The number of aromatic nitrogens is 4. The van der Waals surface area contributed by atoms with Crippen molar-refractivity contribution in [2.24, 2.45) is 0 Å². The lowest BCUT2D eigenvalue weighted by atomic mass is 10.2. The zero-order valence-corrected chi connectivity index (χ0v) is 23.7. The highest BCUT2D eigenvalue weighted by Gasteiger charge is 2.46. The maximum absolute atomic E-state index is 6.82. The van der Waals surface area contributed by atoms with E-state index >= 15 is 0 Å². The van der Waals surface area contributed by atoms with E-state index in [-0.39, 0.29) is 5.28 Å². The molecule has 2 aromatic carbocycles. The van der Waals surface area contributed by atoms with Crippen molar-refractivity contribution < 1.29 is 9.16 Å². The van der Waals surface area contributed by atoms with E-state index in [0.717, 1.165) is 22.4 Å². The van der Waals surface area contributed by atoms with Crippen LogP contribution in [-0.2, 0) is 13.2 Å². The number of benzene rings is 2. The molecule has 0 saturated heterocycles. The van der Waals surface area contributed by atoms with E-state index in [1.165, 1.54) is 0 Å². The molecule has 0 aliphatic rings. The Morgan fingerprint density at radius 3 is 2.08 bits per heavy atom. The van der Waals surface area contributed by atoms with E-state index in [0.29, 0.717) is 41.3 Å². The molecule has 0 atom stereocenters. The fraction of sp³-hybridized carbons (Fsp3) is 0.393. The van der Waals surface area contributed by atoms with Crippen LogP contribution >= 0.6 is 11.6 Å². The number of hydrogen-bond acceptors (Lipinski definition) is 5. The van der Waals surface area contributed by atoms with Crippen LogP contribution in [0.25, 0.3) is 11.2 Å². The third-order valence-electron chi connectivity index (χ3n) is 6.91. The molecular weight excluding hydrogens is 488 g/mol. The molecule has 0 unspecified atom stereocenters. The van der Waals surface area contributed by atoms with Crippen molar-refractivity contribution in [2.75, 3.05) is 0 Å². The lowest BCUT2D eigenvalue weighted by Gasteiger charge is -2.42. The molecule has 0 fully saturated rings. The van der Waals surface area contributed by atoms with Crippen LogP contribution in [0, 0.1) is 0 Å². The second kappa shape index (κ2) is 11.0. The van der Waals surface area contributed by atoms with Gasteiger partial charge in [-0.15, -0.1) is 0 Å². The number of ether oxygens (including phenoxy) is 1. The minimum absolute atomic E-state index is 0.116. The molecule has 2 heterocycles. The van der Waals surface area contributed by atoms with Crippen LogP contribution in [0.4, 0.5) is 0 Å². The molecule has 0 aliphatic carbocycles. The summed E-state index contributed by atoms with van der Waals surface area (Å²) in [4.78, 5) is 13.1. The van der Waals surface area contributed by atoms with Crippen LogP contribution in [0.3, 0.4) is 0 Å². The van der Waals surface area contributed by atoms with Crippen molar-refractivity contribution in [3.05, 3.63) is 77.3 Å². The highest BCUT2D eigenvalue weighted by atomic mass is 35.5.